The second-order valence-corrected chi connectivity index (χ2v) is 2.70. The molecule has 0 aromatic carbocycles. The van der Waals surface area contributed by atoms with Gasteiger partial charge in [-0.05, 0) is 26.3 Å². The van der Waals surface area contributed by atoms with Crippen LogP contribution >= 0.6 is 0 Å². The van der Waals surface area contributed by atoms with Crippen molar-refractivity contribution in [2.24, 2.45) is 0 Å². The Hall–Kier alpha value is -0.370. The SMILES string of the molecule is CC(=O)CC1CCCN1. The standard InChI is InChI=1S/C7H13NO/c1-6(9)5-7-3-2-4-8-7/h7-8H,2-5H2,1H3. The van der Waals surface area contributed by atoms with Gasteiger partial charge in [0.25, 0.3) is 0 Å². The lowest BCUT2D eigenvalue weighted by atomic mass is 10.1. The topological polar surface area (TPSA) is 29.1 Å². The summed E-state index contributed by atoms with van der Waals surface area (Å²) in [6.45, 7) is 2.75. The fraction of sp³-hybridized carbons (Fsp3) is 0.857. The first-order chi connectivity index (χ1) is 4.29. The van der Waals surface area contributed by atoms with Crippen molar-refractivity contribution < 1.29 is 4.79 Å². The molecule has 1 rings (SSSR count). The highest BCUT2D eigenvalue weighted by molar-refractivity contribution is 5.76. The zero-order valence-corrected chi connectivity index (χ0v) is 5.81. The number of Topliss-reactive ketones (excluding diaryl/α,β-unsaturated/α-hetero) is 1. The van der Waals surface area contributed by atoms with Crippen molar-refractivity contribution in [3.63, 3.8) is 0 Å². The molecular weight excluding hydrogens is 114 g/mol. The van der Waals surface area contributed by atoms with Gasteiger partial charge in [-0.1, -0.05) is 0 Å². The molecular formula is C7H13NO. The zero-order chi connectivity index (χ0) is 6.69. The van der Waals surface area contributed by atoms with Crippen molar-refractivity contribution in [2.45, 2.75) is 32.2 Å². The molecule has 0 aromatic heterocycles. The molecule has 0 saturated carbocycles. The highest BCUT2D eigenvalue weighted by Crippen LogP contribution is 2.08. The molecule has 0 aromatic rings. The van der Waals surface area contributed by atoms with Crippen LogP contribution in [0.4, 0.5) is 0 Å². The summed E-state index contributed by atoms with van der Waals surface area (Å²) in [4.78, 5) is 10.6. The van der Waals surface area contributed by atoms with Crippen LogP contribution in [-0.4, -0.2) is 18.4 Å². The van der Waals surface area contributed by atoms with Crippen molar-refractivity contribution in [1.82, 2.24) is 5.32 Å². The van der Waals surface area contributed by atoms with E-state index in [0.717, 1.165) is 13.0 Å². The maximum atomic E-state index is 10.6. The van der Waals surface area contributed by atoms with Gasteiger partial charge in [0.1, 0.15) is 5.78 Å². The first-order valence-electron chi connectivity index (χ1n) is 3.52. The lowest BCUT2D eigenvalue weighted by Crippen LogP contribution is -2.23. The third kappa shape index (κ3) is 2.14. The van der Waals surface area contributed by atoms with E-state index >= 15 is 0 Å². The maximum Gasteiger partial charge on any atom is 0.131 e. The van der Waals surface area contributed by atoms with Gasteiger partial charge >= 0.3 is 0 Å². The van der Waals surface area contributed by atoms with Gasteiger partial charge in [0.15, 0.2) is 0 Å². The third-order valence-electron chi connectivity index (χ3n) is 1.70. The average Bonchev–Trinajstić information content (AvgIpc) is 2.15. The Kier molecular flexibility index (Phi) is 2.22. The molecule has 1 unspecified atom stereocenters. The predicted octanol–water partition coefficient (Wildman–Crippen LogP) is 0.718. The van der Waals surface area contributed by atoms with Gasteiger partial charge in [0.05, 0.1) is 0 Å². The summed E-state index contributed by atoms with van der Waals surface area (Å²) in [5.41, 5.74) is 0. The van der Waals surface area contributed by atoms with Gasteiger partial charge in [0.2, 0.25) is 0 Å². The summed E-state index contributed by atoms with van der Waals surface area (Å²) in [5, 5.41) is 3.27. The summed E-state index contributed by atoms with van der Waals surface area (Å²) in [7, 11) is 0. The maximum absolute atomic E-state index is 10.6. The van der Waals surface area contributed by atoms with Gasteiger partial charge in [0, 0.05) is 12.5 Å². The molecule has 0 spiro atoms. The van der Waals surface area contributed by atoms with E-state index in [1.165, 1.54) is 12.8 Å². The molecule has 0 bridgehead atoms. The normalized spacial score (nSPS) is 26.6. The third-order valence-corrected chi connectivity index (χ3v) is 1.70. The van der Waals surface area contributed by atoms with Crippen LogP contribution in [0.15, 0.2) is 0 Å². The molecule has 0 aliphatic carbocycles. The molecule has 1 aliphatic rings. The van der Waals surface area contributed by atoms with E-state index in [2.05, 4.69) is 5.32 Å². The van der Waals surface area contributed by atoms with Crippen LogP contribution in [0.1, 0.15) is 26.2 Å². The van der Waals surface area contributed by atoms with E-state index in [0.29, 0.717) is 11.8 Å². The number of carbonyl (C=O) groups excluding carboxylic acids is 1. The van der Waals surface area contributed by atoms with Gasteiger partial charge in [-0.15, -0.1) is 0 Å². The molecule has 1 N–H and O–H groups in total. The lowest BCUT2D eigenvalue weighted by Gasteiger charge is -2.04. The number of ketones is 1. The monoisotopic (exact) mass is 127 g/mol. The predicted molar refractivity (Wildman–Crippen MR) is 36.3 cm³/mol. The lowest BCUT2D eigenvalue weighted by molar-refractivity contribution is -0.117. The van der Waals surface area contributed by atoms with Crippen LogP contribution in [0.2, 0.25) is 0 Å². The first kappa shape index (κ1) is 6.75. The van der Waals surface area contributed by atoms with Crippen LogP contribution in [0.3, 0.4) is 0 Å². The van der Waals surface area contributed by atoms with Crippen LogP contribution in [0.5, 0.6) is 0 Å². The van der Waals surface area contributed by atoms with E-state index in [9.17, 15) is 4.79 Å². The summed E-state index contributed by atoms with van der Waals surface area (Å²) >= 11 is 0. The highest BCUT2D eigenvalue weighted by atomic mass is 16.1. The quantitative estimate of drug-likeness (QED) is 0.592. The van der Waals surface area contributed by atoms with Crippen molar-refractivity contribution in [3.05, 3.63) is 0 Å². The molecule has 0 amide bonds. The number of hydrogen-bond acceptors (Lipinski definition) is 2. The Balaban J connectivity index is 2.19. The minimum Gasteiger partial charge on any atom is -0.314 e. The van der Waals surface area contributed by atoms with Gasteiger partial charge < -0.3 is 5.32 Å². The smallest absolute Gasteiger partial charge is 0.131 e. The minimum absolute atomic E-state index is 0.300. The fourth-order valence-corrected chi connectivity index (χ4v) is 1.28. The molecule has 2 heteroatoms. The van der Waals surface area contributed by atoms with E-state index in [1.807, 2.05) is 0 Å². The molecule has 1 atom stereocenters. The number of carbonyl (C=O) groups is 1. The highest BCUT2D eigenvalue weighted by Gasteiger charge is 2.14. The van der Waals surface area contributed by atoms with Crippen molar-refractivity contribution in [2.75, 3.05) is 6.54 Å². The zero-order valence-electron chi connectivity index (χ0n) is 5.81. The van der Waals surface area contributed by atoms with E-state index in [-0.39, 0.29) is 0 Å². The van der Waals surface area contributed by atoms with Crippen molar-refractivity contribution >= 4 is 5.78 Å². The molecule has 9 heavy (non-hydrogen) atoms. The van der Waals surface area contributed by atoms with E-state index in [1.54, 1.807) is 6.92 Å². The van der Waals surface area contributed by atoms with Crippen LogP contribution in [0.25, 0.3) is 0 Å². The number of rotatable bonds is 2. The molecule has 2 nitrogen and oxygen atoms in total. The van der Waals surface area contributed by atoms with Crippen LogP contribution < -0.4 is 5.32 Å². The molecule has 0 radical (unpaired) electrons. The largest absolute Gasteiger partial charge is 0.314 e. The summed E-state index contributed by atoms with van der Waals surface area (Å²) in [6, 6.07) is 0.488. The summed E-state index contributed by atoms with van der Waals surface area (Å²) < 4.78 is 0. The molecule has 1 aliphatic heterocycles. The fourth-order valence-electron chi connectivity index (χ4n) is 1.28. The second-order valence-electron chi connectivity index (χ2n) is 2.70. The average molecular weight is 127 g/mol. The Morgan fingerprint density at radius 1 is 1.78 bits per heavy atom. The number of nitrogens with one attached hydrogen (secondary N) is 1. The van der Waals surface area contributed by atoms with E-state index < -0.39 is 0 Å². The summed E-state index contributed by atoms with van der Waals surface area (Å²) in [6.07, 6.45) is 3.14. The summed E-state index contributed by atoms with van der Waals surface area (Å²) in [5.74, 6) is 0.300. The Morgan fingerprint density at radius 2 is 2.56 bits per heavy atom. The Labute approximate surface area is 55.6 Å². The van der Waals surface area contributed by atoms with Gasteiger partial charge in [-0.3, -0.25) is 4.79 Å². The minimum atomic E-state index is 0.300. The van der Waals surface area contributed by atoms with E-state index in [4.69, 9.17) is 0 Å². The van der Waals surface area contributed by atoms with Gasteiger partial charge in [-0.25, -0.2) is 0 Å². The number of hydrogen-bond donors (Lipinski definition) is 1. The van der Waals surface area contributed by atoms with Crippen LogP contribution in [-0.2, 0) is 4.79 Å². The molecule has 1 fully saturated rings. The van der Waals surface area contributed by atoms with Crippen LogP contribution in [0, 0.1) is 0 Å². The molecule has 52 valence electrons. The Morgan fingerprint density at radius 3 is 3.00 bits per heavy atom. The second kappa shape index (κ2) is 2.97. The van der Waals surface area contributed by atoms with Gasteiger partial charge in [-0.2, -0.15) is 0 Å². The van der Waals surface area contributed by atoms with Crippen molar-refractivity contribution in [1.29, 1.82) is 0 Å². The van der Waals surface area contributed by atoms with Crippen molar-refractivity contribution in [3.8, 4) is 0 Å². The molecule has 1 heterocycles. The Bertz CT molecular complexity index is 105. The first-order valence-corrected chi connectivity index (χ1v) is 3.52. The molecule has 1 saturated heterocycles.